The minimum atomic E-state index is 0.0834. The minimum absolute atomic E-state index is 0.0834. The van der Waals surface area contributed by atoms with Crippen LogP contribution in [0.5, 0.6) is 0 Å². The molecule has 23 heavy (non-hydrogen) atoms. The molecule has 0 saturated heterocycles. The number of nitrogens with zero attached hydrogens (tertiary/aromatic N) is 1. The molecule has 3 heteroatoms. The van der Waals surface area contributed by atoms with Crippen molar-refractivity contribution >= 4 is 39.9 Å². The van der Waals surface area contributed by atoms with Crippen LogP contribution in [-0.2, 0) is 6.42 Å². The molecule has 0 atom stereocenters. The number of ketones is 1. The Kier molecular flexibility index (Phi) is 3.28. The van der Waals surface area contributed by atoms with Crippen molar-refractivity contribution in [3.63, 3.8) is 0 Å². The maximum atomic E-state index is 11.5. The topological polar surface area (TPSA) is 30.0 Å². The van der Waals surface area contributed by atoms with Crippen LogP contribution < -0.4 is 0 Å². The smallest absolute Gasteiger partial charge is 0.159 e. The van der Waals surface area contributed by atoms with Gasteiger partial charge in [0.15, 0.2) is 5.78 Å². The molecule has 0 saturated carbocycles. The van der Waals surface area contributed by atoms with Crippen LogP contribution in [0.3, 0.4) is 0 Å². The van der Waals surface area contributed by atoms with Crippen LogP contribution in [-0.4, -0.2) is 10.8 Å². The van der Waals surface area contributed by atoms with Gasteiger partial charge < -0.3 is 0 Å². The number of hydrogen-bond donors (Lipinski definition) is 0. The predicted octanol–water partition coefficient (Wildman–Crippen LogP) is 5.19. The molecule has 1 aromatic heterocycles. The van der Waals surface area contributed by atoms with Gasteiger partial charge in [0.1, 0.15) is 5.15 Å². The fraction of sp³-hybridized carbons (Fsp3) is 0.100. The molecule has 0 unspecified atom stereocenters. The molecule has 0 fully saturated rings. The van der Waals surface area contributed by atoms with Crippen LogP contribution in [0.15, 0.2) is 48.5 Å². The lowest BCUT2D eigenvalue weighted by atomic mass is 10.0. The Morgan fingerprint density at radius 2 is 1.96 bits per heavy atom. The number of halogens is 1. The van der Waals surface area contributed by atoms with Gasteiger partial charge in [-0.15, -0.1) is 0 Å². The normalized spacial score (nSPS) is 13.0. The van der Waals surface area contributed by atoms with Crippen molar-refractivity contribution in [2.75, 3.05) is 0 Å². The first kappa shape index (κ1) is 14.2. The summed E-state index contributed by atoms with van der Waals surface area (Å²) in [6.45, 7) is 1.59. The third kappa shape index (κ3) is 2.45. The summed E-state index contributed by atoms with van der Waals surface area (Å²) >= 11 is 6.40. The van der Waals surface area contributed by atoms with Crippen LogP contribution in [0.25, 0.3) is 22.6 Å². The van der Waals surface area contributed by atoms with Crippen molar-refractivity contribution in [2.24, 2.45) is 0 Å². The van der Waals surface area contributed by atoms with E-state index < -0.39 is 0 Å². The summed E-state index contributed by atoms with van der Waals surface area (Å²) in [5, 5.41) is 1.60. The molecular weight excluding hydrogens is 306 g/mol. The summed E-state index contributed by atoms with van der Waals surface area (Å²) in [5.74, 6) is 0.0834. The van der Waals surface area contributed by atoms with E-state index in [1.807, 2.05) is 42.5 Å². The van der Waals surface area contributed by atoms with Crippen LogP contribution in [0.1, 0.15) is 34.0 Å². The summed E-state index contributed by atoms with van der Waals surface area (Å²) in [4.78, 5) is 16.0. The summed E-state index contributed by atoms with van der Waals surface area (Å²) in [6, 6.07) is 15.9. The second kappa shape index (κ2) is 5.32. The highest BCUT2D eigenvalue weighted by molar-refractivity contribution is 6.32. The van der Waals surface area contributed by atoms with Gasteiger partial charge >= 0.3 is 0 Å². The number of para-hydroxylation sites is 1. The molecule has 4 rings (SSSR count). The highest BCUT2D eigenvalue weighted by Gasteiger charge is 2.18. The van der Waals surface area contributed by atoms with E-state index in [4.69, 9.17) is 11.6 Å². The lowest BCUT2D eigenvalue weighted by Gasteiger charge is -2.07. The van der Waals surface area contributed by atoms with Crippen LogP contribution in [0.4, 0.5) is 0 Å². The van der Waals surface area contributed by atoms with Crippen LogP contribution in [0.2, 0.25) is 5.15 Å². The van der Waals surface area contributed by atoms with Gasteiger partial charge in [-0.05, 0) is 48.2 Å². The zero-order chi connectivity index (χ0) is 16.0. The quantitative estimate of drug-likeness (QED) is 0.481. The molecule has 1 aliphatic carbocycles. The molecule has 2 nitrogen and oxygen atoms in total. The zero-order valence-electron chi connectivity index (χ0n) is 12.6. The molecule has 2 aromatic carbocycles. The third-order valence-electron chi connectivity index (χ3n) is 4.29. The minimum Gasteiger partial charge on any atom is -0.295 e. The van der Waals surface area contributed by atoms with Crippen molar-refractivity contribution < 1.29 is 4.79 Å². The summed E-state index contributed by atoms with van der Waals surface area (Å²) in [5.41, 5.74) is 6.06. The average molecular weight is 320 g/mol. The number of hydrogen-bond acceptors (Lipinski definition) is 2. The molecule has 1 aliphatic rings. The molecular formula is C20H14ClNO. The monoisotopic (exact) mass is 319 g/mol. The standard InChI is InChI=1S/C20H14ClNO/c1-12(23)13-6-7-14-9-17(10-16(14)8-13)18-11-15-4-2-3-5-19(15)22-20(18)21/h2-8,10-11H,9H2,1H3. The molecule has 112 valence electrons. The molecule has 0 spiro atoms. The van der Waals surface area contributed by atoms with Gasteiger partial charge in [0.25, 0.3) is 0 Å². The van der Waals surface area contributed by atoms with E-state index in [1.165, 1.54) is 5.56 Å². The summed E-state index contributed by atoms with van der Waals surface area (Å²) in [7, 11) is 0. The van der Waals surface area contributed by atoms with E-state index in [-0.39, 0.29) is 5.78 Å². The Labute approximate surface area is 139 Å². The predicted molar refractivity (Wildman–Crippen MR) is 94.8 cm³/mol. The summed E-state index contributed by atoms with van der Waals surface area (Å²) in [6.07, 6.45) is 2.92. The lowest BCUT2D eigenvalue weighted by Crippen LogP contribution is -1.94. The number of rotatable bonds is 2. The van der Waals surface area contributed by atoms with Crippen molar-refractivity contribution in [3.05, 3.63) is 75.9 Å². The Balaban J connectivity index is 1.81. The Hall–Kier alpha value is -2.45. The van der Waals surface area contributed by atoms with Gasteiger partial charge in [0, 0.05) is 16.5 Å². The van der Waals surface area contributed by atoms with Gasteiger partial charge in [-0.1, -0.05) is 48.0 Å². The number of allylic oxidation sites excluding steroid dienone is 1. The SMILES string of the molecule is CC(=O)c1ccc2c(c1)C=C(c1cc3ccccc3nc1Cl)C2. The third-order valence-corrected chi connectivity index (χ3v) is 4.57. The fourth-order valence-electron chi connectivity index (χ4n) is 3.04. The number of carbonyl (C=O) groups is 1. The van der Waals surface area contributed by atoms with Gasteiger partial charge in [0.05, 0.1) is 5.52 Å². The second-order valence-corrected chi connectivity index (χ2v) is 6.19. The first-order valence-electron chi connectivity index (χ1n) is 7.52. The van der Waals surface area contributed by atoms with E-state index in [0.717, 1.165) is 39.6 Å². The zero-order valence-corrected chi connectivity index (χ0v) is 13.4. The van der Waals surface area contributed by atoms with Crippen molar-refractivity contribution in [1.82, 2.24) is 4.98 Å². The largest absolute Gasteiger partial charge is 0.295 e. The highest BCUT2D eigenvalue weighted by Crippen LogP contribution is 2.36. The van der Waals surface area contributed by atoms with Gasteiger partial charge in [-0.2, -0.15) is 0 Å². The first-order chi connectivity index (χ1) is 11.1. The van der Waals surface area contributed by atoms with E-state index >= 15 is 0 Å². The van der Waals surface area contributed by atoms with Gasteiger partial charge in [0.2, 0.25) is 0 Å². The van der Waals surface area contributed by atoms with Crippen LogP contribution >= 0.6 is 11.6 Å². The number of Topliss-reactive ketones (excluding diaryl/α,β-unsaturated/α-hetero) is 1. The van der Waals surface area contributed by atoms with E-state index in [0.29, 0.717) is 5.15 Å². The fourth-order valence-corrected chi connectivity index (χ4v) is 3.31. The maximum Gasteiger partial charge on any atom is 0.159 e. The highest BCUT2D eigenvalue weighted by atomic mass is 35.5. The van der Waals surface area contributed by atoms with Gasteiger partial charge in [-0.25, -0.2) is 4.98 Å². The number of fused-ring (bicyclic) bond motifs is 2. The van der Waals surface area contributed by atoms with Gasteiger partial charge in [-0.3, -0.25) is 4.79 Å². The maximum absolute atomic E-state index is 11.5. The number of benzene rings is 2. The van der Waals surface area contributed by atoms with E-state index in [9.17, 15) is 4.79 Å². The molecule has 0 bridgehead atoms. The van der Waals surface area contributed by atoms with E-state index in [1.54, 1.807) is 6.92 Å². The number of carbonyl (C=O) groups excluding carboxylic acids is 1. The molecule has 0 N–H and O–H groups in total. The molecule has 0 amide bonds. The van der Waals surface area contributed by atoms with Crippen molar-refractivity contribution in [1.29, 1.82) is 0 Å². The van der Waals surface area contributed by atoms with Crippen LogP contribution in [0, 0.1) is 0 Å². The van der Waals surface area contributed by atoms with Crippen molar-refractivity contribution in [2.45, 2.75) is 13.3 Å². The second-order valence-electron chi connectivity index (χ2n) is 5.84. The van der Waals surface area contributed by atoms with Crippen molar-refractivity contribution in [3.8, 4) is 0 Å². The Morgan fingerprint density at radius 3 is 2.78 bits per heavy atom. The first-order valence-corrected chi connectivity index (χ1v) is 7.90. The number of pyridine rings is 1. The van der Waals surface area contributed by atoms with E-state index in [2.05, 4.69) is 17.1 Å². The molecule has 1 heterocycles. The molecule has 3 aromatic rings. The Bertz CT molecular complexity index is 988. The lowest BCUT2D eigenvalue weighted by molar-refractivity contribution is 0.101. The molecule has 0 aliphatic heterocycles. The Morgan fingerprint density at radius 1 is 1.13 bits per heavy atom. The summed E-state index contributed by atoms with van der Waals surface area (Å²) < 4.78 is 0. The number of aromatic nitrogens is 1. The molecule has 0 radical (unpaired) electrons. The average Bonchev–Trinajstić information content (AvgIpc) is 2.96.